The van der Waals surface area contributed by atoms with Crippen molar-refractivity contribution >= 4 is 17.2 Å². The molecule has 0 radical (unpaired) electrons. The zero-order valence-electron chi connectivity index (χ0n) is 14.7. The Morgan fingerprint density at radius 3 is 2.75 bits per heavy atom. The highest BCUT2D eigenvalue weighted by molar-refractivity contribution is 7.14. The molecule has 2 saturated heterocycles. The van der Waals surface area contributed by atoms with Crippen molar-refractivity contribution in [3.8, 4) is 0 Å². The van der Waals surface area contributed by atoms with E-state index in [0.29, 0.717) is 0 Å². The van der Waals surface area contributed by atoms with E-state index in [9.17, 15) is 4.79 Å². The molecule has 24 heavy (non-hydrogen) atoms. The van der Waals surface area contributed by atoms with Crippen LogP contribution in [0.5, 0.6) is 0 Å². The van der Waals surface area contributed by atoms with Gasteiger partial charge in [0.05, 0.1) is 23.2 Å². The Morgan fingerprint density at radius 2 is 2.12 bits per heavy atom. The lowest BCUT2D eigenvalue weighted by molar-refractivity contribution is -0.0409. The zero-order chi connectivity index (χ0) is 16.7. The fourth-order valence-corrected chi connectivity index (χ4v) is 4.77. The number of thiophene rings is 1. The van der Waals surface area contributed by atoms with Gasteiger partial charge in [-0.25, -0.2) is 0 Å². The molecule has 1 spiro atoms. The Balaban J connectivity index is 1.30. The van der Waals surface area contributed by atoms with Gasteiger partial charge in [-0.3, -0.25) is 4.79 Å². The third kappa shape index (κ3) is 3.39. The summed E-state index contributed by atoms with van der Waals surface area (Å²) in [7, 11) is 0. The molecule has 3 aliphatic rings. The minimum absolute atomic E-state index is 0.0493. The molecule has 0 unspecified atom stereocenters. The first kappa shape index (κ1) is 16.6. The van der Waals surface area contributed by atoms with Gasteiger partial charge in [0, 0.05) is 31.0 Å². The fourth-order valence-electron chi connectivity index (χ4n) is 3.77. The van der Waals surface area contributed by atoms with Crippen molar-refractivity contribution in [3.63, 3.8) is 0 Å². The fraction of sp³-hybridized carbons (Fsp3) is 0.737. The van der Waals surface area contributed by atoms with Crippen molar-refractivity contribution in [2.75, 3.05) is 26.3 Å². The lowest BCUT2D eigenvalue weighted by Crippen LogP contribution is -2.46. The molecular formula is C19H27NO3S. The number of carbonyl (C=O) groups excluding carboxylic acids is 1. The Morgan fingerprint density at radius 1 is 1.38 bits per heavy atom. The molecular weight excluding hydrogens is 322 g/mol. The molecule has 4 nitrogen and oxygen atoms in total. The molecule has 0 N–H and O–H groups in total. The highest BCUT2D eigenvalue weighted by atomic mass is 32.1. The first-order chi connectivity index (χ1) is 11.5. The predicted molar refractivity (Wildman–Crippen MR) is 94.7 cm³/mol. The Kier molecular flexibility index (Phi) is 4.43. The van der Waals surface area contributed by atoms with Crippen molar-refractivity contribution in [1.29, 1.82) is 0 Å². The van der Waals surface area contributed by atoms with Crippen LogP contribution in [0.4, 0.5) is 0 Å². The summed E-state index contributed by atoms with van der Waals surface area (Å²) in [6.45, 7) is 7.38. The minimum atomic E-state index is -0.0493. The van der Waals surface area contributed by atoms with Crippen LogP contribution in [0, 0.1) is 19.8 Å². The van der Waals surface area contributed by atoms with E-state index < -0.39 is 0 Å². The molecule has 1 atom stereocenters. The van der Waals surface area contributed by atoms with Gasteiger partial charge in [0.1, 0.15) is 0 Å². The Bertz CT molecular complexity index is 595. The van der Waals surface area contributed by atoms with E-state index in [1.165, 1.54) is 23.3 Å². The van der Waals surface area contributed by atoms with E-state index in [2.05, 4.69) is 13.8 Å². The van der Waals surface area contributed by atoms with Crippen molar-refractivity contribution < 1.29 is 14.3 Å². The van der Waals surface area contributed by atoms with Gasteiger partial charge in [0.2, 0.25) is 0 Å². The molecule has 132 valence electrons. The van der Waals surface area contributed by atoms with Crippen molar-refractivity contribution in [1.82, 2.24) is 4.90 Å². The topological polar surface area (TPSA) is 38.8 Å². The number of hydrogen-bond acceptors (Lipinski definition) is 4. The second-order valence-corrected chi connectivity index (χ2v) is 9.00. The number of rotatable bonds is 4. The molecule has 5 heteroatoms. The SMILES string of the molecule is Cc1cc(C(=O)N2CCC3(CC2)C[C@@H](OCC2CC2)CO3)sc1C. The van der Waals surface area contributed by atoms with Gasteiger partial charge in [-0.05, 0) is 57.1 Å². The van der Waals surface area contributed by atoms with Gasteiger partial charge >= 0.3 is 0 Å². The summed E-state index contributed by atoms with van der Waals surface area (Å²) < 4.78 is 12.2. The first-order valence-electron chi connectivity index (χ1n) is 9.16. The van der Waals surface area contributed by atoms with Crippen LogP contribution in [0.1, 0.15) is 52.2 Å². The summed E-state index contributed by atoms with van der Waals surface area (Å²) >= 11 is 1.61. The van der Waals surface area contributed by atoms with Crippen molar-refractivity contribution in [3.05, 3.63) is 21.4 Å². The van der Waals surface area contributed by atoms with Gasteiger partial charge in [0.15, 0.2) is 0 Å². The van der Waals surface area contributed by atoms with Crippen LogP contribution in [0.2, 0.25) is 0 Å². The van der Waals surface area contributed by atoms with E-state index >= 15 is 0 Å². The predicted octanol–water partition coefficient (Wildman–Crippen LogP) is 3.56. The van der Waals surface area contributed by atoms with Crippen LogP contribution in [0.15, 0.2) is 6.07 Å². The van der Waals surface area contributed by atoms with Crippen LogP contribution in [-0.2, 0) is 9.47 Å². The minimum Gasteiger partial charge on any atom is -0.375 e. The molecule has 1 aliphatic carbocycles. The number of piperidine rings is 1. The molecule has 0 bridgehead atoms. The van der Waals surface area contributed by atoms with Crippen LogP contribution >= 0.6 is 11.3 Å². The molecule has 3 heterocycles. The molecule has 1 saturated carbocycles. The van der Waals surface area contributed by atoms with Crippen molar-refractivity contribution in [2.45, 2.75) is 57.7 Å². The lowest BCUT2D eigenvalue weighted by atomic mass is 9.88. The summed E-state index contributed by atoms with van der Waals surface area (Å²) in [6.07, 6.45) is 5.79. The summed E-state index contributed by atoms with van der Waals surface area (Å²) in [4.78, 5) is 16.8. The quantitative estimate of drug-likeness (QED) is 0.834. The Hall–Kier alpha value is -0.910. The number of ether oxygens (including phenoxy) is 2. The van der Waals surface area contributed by atoms with Gasteiger partial charge in [0.25, 0.3) is 5.91 Å². The van der Waals surface area contributed by atoms with Gasteiger partial charge < -0.3 is 14.4 Å². The van der Waals surface area contributed by atoms with Crippen LogP contribution in [-0.4, -0.2) is 48.8 Å². The Labute approximate surface area is 148 Å². The normalized spacial score (nSPS) is 26.2. The van der Waals surface area contributed by atoms with E-state index in [0.717, 1.165) is 56.4 Å². The third-order valence-corrected chi connectivity index (χ3v) is 6.92. The molecule has 1 aromatic heterocycles. The summed E-state index contributed by atoms with van der Waals surface area (Å²) in [6, 6.07) is 2.03. The van der Waals surface area contributed by atoms with Gasteiger partial charge in [-0.15, -0.1) is 11.3 Å². The van der Waals surface area contributed by atoms with E-state index in [-0.39, 0.29) is 17.6 Å². The lowest BCUT2D eigenvalue weighted by Gasteiger charge is -2.38. The summed E-state index contributed by atoms with van der Waals surface area (Å²) in [5.41, 5.74) is 1.17. The molecule has 0 aromatic carbocycles. The van der Waals surface area contributed by atoms with E-state index in [4.69, 9.17) is 9.47 Å². The standard InChI is InChI=1S/C19H27NO3S/c1-13-9-17(24-14(13)2)18(21)20-7-5-19(6-8-20)10-16(12-23-19)22-11-15-3-4-15/h9,15-16H,3-8,10-12H2,1-2H3/t16-/m1/s1. The smallest absolute Gasteiger partial charge is 0.263 e. The van der Waals surface area contributed by atoms with Crippen LogP contribution in [0.3, 0.4) is 0 Å². The van der Waals surface area contributed by atoms with Crippen LogP contribution < -0.4 is 0 Å². The number of hydrogen-bond donors (Lipinski definition) is 0. The zero-order valence-corrected chi connectivity index (χ0v) is 15.5. The van der Waals surface area contributed by atoms with E-state index in [1.54, 1.807) is 11.3 Å². The largest absolute Gasteiger partial charge is 0.375 e. The van der Waals surface area contributed by atoms with Gasteiger partial charge in [-0.2, -0.15) is 0 Å². The van der Waals surface area contributed by atoms with Crippen molar-refractivity contribution in [2.24, 2.45) is 5.92 Å². The highest BCUT2D eigenvalue weighted by Crippen LogP contribution is 2.38. The van der Waals surface area contributed by atoms with Gasteiger partial charge in [-0.1, -0.05) is 0 Å². The molecule has 1 aromatic rings. The second kappa shape index (κ2) is 6.43. The second-order valence-electron chi connectivity index (χ2n) is 7.74. The maximum Gasteiger partial charge on any atom is 0.263 e. The number of aryl methyl sites for hydroxylation is 2. The molecule has 3 fully saturated rings. The number of nitrogens with zero attached hydrogens (tertiary/aromatic N) is 1. The molecule has 1 amide bonds. The number of amides is 1. The monoisotopic (exact) mass is 349 g/mol. The first-order valence-corrected chi connectivity index (χ1v) is 9.98. The highest BCUT2D eigenvalue weighted by Gasteiger charge is 2.44. The number of likely N-dealkylation sites (tertiary alicyclic amines) is 1. The average molecular weight is 349 g/mol. The molecule has 4 rings (SSSR count). The van der Waals surface area contributed by atoms with E-state index in [1.807, 2.05) is 11.0 Å². The maximum absolute atomic E-state index is 12.7. The number of carbonyl (C=O) groups is 1. The van der Waals surface area contributed by atoms with Crippen LogP contribution in [0.25, 0.3) is 0 Å². The average Bonchev–Trinajstić information content (AvgIpc) is 3.25. The summed E-state index contributed by atoms with van der Waals surface area (Å²) in [5.74, 6) is 0.990. The maximum atomic E-state index is 12.7. The third-order valence-electron chi connectivity index (χ3n) is 5.78. The molecule has 2 aliphatic heterocycles. The summed E-state index contributed by atoms with van der Waals surface area (Å²) in [5, 5.41) is 0.